The zero-order valence-electron chi connectivity index (χ0n) is 7.23. The Hall–Kier alpha value is -1.14. The first-order valence-corrected chi connectivity index (χ1v) is 5.11. The van der Waals surface area contributed by atoms with Crippen LogP contribution in [0.5, 0.6) is 5.75 Å². The lowest BCUT2D eigenvalue weighted by Crippen LogP contribution is -1.79. The molecule has 0 spiro atoms. The van der Waals surface area contributed by atoms with Crippen LogP contribution in [0.2, 0.25) is 0 Å². The largest absolute Gasteiger partial charge is 0.507 e. The molecule has 1 aromatic rings. The summed E-state index contributed by atoms with van der Waals surface area (Å²) < 4.78 is 0. The van der Waals surface area contributed by atoms with Crippen LogP contribution in [-0.2, 0) is 0 Å². The molecule has 0 aliphatic carbocycles. The summed E-state index contributed by atoms with van der Waals surface area (Å²) in [4.78, 5) is 0.889. The monoisotopic (exact) mass is 193 g/mol. The van der Waals surface area contributed by atoms with Gasteiger partial charge in [0.25, 0.3) is 0 Å². The second-order valence-corrected chi connectivity index (χ2v) is 3.71. The number of hydrogen-bond acceptors (Lipinski definition) is 3. The van der Waals surface area contributed by atoms with Gasteiger partial charge in [0.2, 0.25) is 0 Å². The van der Waals surface area contributed by atoms with Gasteiger partial charge >= 0.3 is 0 Å². The van der Waals surface area contributed by atoms with Crippen molar-refractivity contribution >= 4 is 11.8 Å². The third-order valence-electron chi connectivity index (χ3n) is 1.56. The van der Waals surface area contributed by atoms with Crippen molar-refractivity contribution in [1.29, 1.82) is 5.26 Å². The van der Waals surface area contributed by atoms with Gasteiger partial charge in [-0.25, -0.2) is 0 Å². The van der Waals surface area contributed by atoms with Gasteiger partial charge in [0, 0.05) is 11.3 Å². The topological polar surface area (TPSA) is 44.0 Å². The van der Waals surface area contributed by atoms with Gasteiger partial charge in [-0.15, -0.1) is 11.8 Å². The number of unbranched alkanes of at least 4 members (excludes halogenated alkanes) is 1. The van der Waals surface area contributed by atoms with Crippen LogP contribution in [0.4, 0.5) is 0 Å². The van der Waals surface area contributed by atoms with E-state index in [9.17, 15) is 5.11 Å². The van der Waals surface area contributed by atoms with E-state index in [1.807, 2.05) is 12.1 Å². The van der Waals surface area contributed by atoms with Crippen LogP contribution < -0.4 is 0 Å². The molecule has 0 aliphatic heterocycles. The minimum atomic E-state index is 0.324. The molecule has 0 amide bonds. The Kier molecular flexibility index (Phi) is 4.20. The molecule has 3 heteroatoms. The molecule has 1 aromatic carbocycles. The zero-order valence-corrected chi connectivity index (χ0v) is 8.05. The lowest BCUT2D eigenvalue weighted by Gasteiger charge is -2.01. The minimum absolute atomic E-state index is 0.324. The number of benzene rings is 1. The normalized spacial score (nSPS) is 9.46. The summed E-state index contributed by atoms with van der Waals surface area (Å²) in [5.74, 6) is 1.20. The lowest BCUT2D eigenvalue weighted by molar-refractivity contribution is 0.462. The number of hydrogen-bond donors (Lipinski definition) is 1. The molecule has 0 saturated heterocycles. The molecule has 0 fully saturated rings. The summed E-state index contributed by atoms with van der Waals surface area (Å²) in [6, 6.07) is 9.34. The average Bonchev–Trinajstić information content (AvgIpc) is 2.15. The Morgan fingerprint density at radius 1 is 1.38 bits per heavy atom. The van der Waals surface area contributed by atoms with Crippen molar-refractivity contribution in [3.8, 4) is 11.8 Å². The number of para-hydroxylation sites is 1. The van der Waals surface area contributed by atoms with Crippen LogP contribution in [0.25, 0.3) is 0 Å². The number of thioether (sulfide) groups is 1. The van der Waals surface area contributed by atoms with E-state index in [1.54, 1.807) is 23.9 Å². The standard InChI is InChI=1S/C10H11NOS/c11-7-3-4-8-13-10-6-2-1-5-9(10)12/h1-2,5-6,12H,3-4,8H2. The molecule has 0 radical (unpaired) electrons. The Morgan fingerprint density at radius 3 is 2.85 bits per heavy atom. The van der Waals surface area contributed by atoms with E-state index in [2.05, 4.69) is 6.07 Å². The summed E-state index contributed by atoms with van der Waals surface area (Å²) >= 11 is 1.59. The smallest absolute Gasteiger partial charge is 0.129 e. The maximum atomic E-state index is 9.38. The molecule has 1 N–H and O–H groups in total. The van der Waals surface area contributed by atoms with Gasteiger partial charge in [-0.05, 0) is 24.3 Å². The Balaban J connectivity index is 2.37. The van der Waals surface area contributed by atoms with E-state index >= 15 is 0 Å². The van der Waals surface area contributed by atoms with Crippen molar-refractivity contribution in [3.05, 3.63) is 24.3 Å². The van der Waals surface area contributed by atoms with Crippen molar-refractivity contribution in [2.45, 2.75) is 17.7 Å². The highest BCUT2D eigenvalue weighted by molar-refractivity contribution is 7.99. The van der Waals surface area contributed by atoms with Crippen LogP contribution >= 0.6 is 11.8 Å². The molecule has 0 saturated carbocycles. The first-order chi connectivity index (χ1) is 6.34. The molecule has 0 heterocycles. The second kappa shape index (κ2) is 5.50. The Labute approximate surface area is 82.2 Å². The molecule has 0 unspecified atom stereocenters. The van der Waals surface area contributed by atoms with E-state index in [0.717, 1.165) is 17.1 Å². The predicted molar refractivity (Wildman–Crippen MR) is 53.7 cm³/mol. The Morgan fingerprint density at radius 2 is 2.15 bits per heavy atom. The van der Waals surface area contributed by atoms with Gasteiger partial charge in [-0.2, -0.15) is 5.26 Å². The maximum Gasteiger partial charge on any atom is 0.129 e. The van der Waals surface area contributed by atoms with Crippen molar-refractivity contribution in [3.63, 3.8) is 0 Å². The molecule has 68 valence electrons. The summed E-state index contributed by atoms with van der Waals surface area (Å²) in [5, 5.41) is 17.7. The fourth-order valence-electron chi connectivity index (χ4n) is 0.913. The number of phenolic OH excluding ortho intramolecular Hbond substituents is 1. The molecule has 0 aliphatic rings. The molecule has 0 atom stereocenters. The van der Waals surface area contributed by atoms with Crippen LogP contribution in [0.3, 0.4) is 0 Å². The van der Waals surface area contributed by atoms with E-state index in [1.165, 1.54) is 0 Å². The highest BCUT2D eigenvalue weighted by atomic mass is 32.2. The van der Waals surface area contributed by atoms with Crippen LogP contribution in [-0.4, -0.2) is 10.9 Å². The van der Waals surface area contributed by atoms with Crippen molar-refractivity contribution in [1.82, 2.24) is 0 Å². The maximum absolute atomic E-state index is 9.38. The van der Waals surface area contributed by atoms with Gasteiger partial charge in [0.05, 0.1) is 6.07 Å². The van der Waals surface area contributed by atoms with E-state index < -0.39 is 0 Å². The summed E-state index contributed by atoms with van der Waals surface area (Å²) in [6.07, 6.45) is 1.45. The molecule has 13 heavy (non-hydrogen) atoms. The summed E-state index contributed by atoms with van der Waals surface area (Å²) in [6.45, 7) is 0. The second-order valence-electron chi connectivity index (χ2n) is 2.58. The predicted octanol–water partition coefficient (Wildman–Crippen LogP) is 2.79. The highest BCUT2D eigenvalue weighted by Crippen LogP contribution is 2.27. The summed E-state index contributed by atoms with van der Waals surface area (Å²) in [5.41, 5.74) is 0. The lowest BCUT2D eigenvalue weighted by atomic mass is 10.3. The Bertz CT molecular complexity index is 306. The highest BCUT2D eigenvalue weighted by Gasteiger charge is 1.98. The van der Waals surface area contributed by atoms with Gasteiger partial charge in [0.15, 0.2) is 0 Å². The van der Waals surface area contributed by atoms with Crippen molar-refractivity contribution in [2.24, 2.45) is 0 Å². The fraction of sp³-hybridized carbons (Fsp3) is 0.300. The first kappa shape index (κ1) is 9.94. The van der Waals surface area contributed by atoms with Gasteiger partial charge < -0.3 is 5.11 Å². The number of nitrogens with zero attached hydrogens (tertiary/aromatic N) is 1. The van der Waals surface area contributed by atoms with Gasteiger partial charge in [0.1, 0.15) is 5.75 Å². The molecule has 0 bridgehead atoms. The minimum Gasteiger partial charge on any atom is -0.507 e. The van der Waals surface area contributed by atoms with E-state index in [4.69, 9.17) is 5.26 Å². The van der Waals surface area contributed by atoms with Crippen molar-refractivity contribution < 1.29 is 5.11 Å². The first-order valence-electron chi connectivity index (χ1n) is 4.12. The van der Waals surface area contributed by atoms with Crippen LogP contribution in [0.15, 0.2) is 29.2 Å². The van der Waals surface area contributed by atoms with E-state index in [0.29, 0.717) is 12.2 Å². The zero-order chi connectivity index (χ0) is 9.52. The number of rotatable bonds is 4. The number of phenols is 1. The molecule has 1 rings (SSSR count). The average molecular weight is 193 g/mol. The van der Waals surface area contributed by atoms with Crippen LogP contribution in [0.1, 0.15) is 12.8 Å². The third kappa shape index (κ3) is 3.39. The van der Waals surface area contributed by atoms with Gasteiger partial charge in [-0.1, -0.05) is 12.1 Å². The number of aromatic hydroxyl groups is 1. The molecule has 0 aromatic heterocycles. The van der Waals surface area contributed by atoms with E-state index in [-0.39, 0.29) is 0 Å². The molecular formula is C10H11NOS. The van der Waals surface area contributed by atoms with Crippen molar-refractivity contribution in [2.75, 3.05) is 5.75 Å². The summed E-state index contributed by atoms with van der Waals surface area (Å²) in [7, 11) is 0. The van der Waals surface area contributed by atoms with Crippen LogP contribution in [0, 0.1) is 11.3 Å². The molecular weight excluding hydrogens is 182 g/mol. The third-order valence-corrected chi connectivity index (χ3v) is 2.70. The number of nitriles is 1. The van der Waals surface area contributed by atoms with Gasteiger partial charge in [-0.3, -0.25) is 0 Å². The quantitative estimate of drug-likeness (QED) is 0.590. The molecule has 2 nitrogen and oxygen atoms in total. The fourth-order valence-corrected chi connectivity index (χ4v) is 1.81. The SMILES string of the molecule is N#CCCCSc1ccccc1O.